The van der Waals surface area contributed by atoms with Crippen LogP contribution in [0.5, 0.6) is 0 Å². The molecule has 0 bridgehead atoms. The molecule has 1 aliphatic heterocycles. The van der Waals surface area contributed by atoms with E-state index in [4.69, 9.17) is 4.74 Å². The van der Waals surface area contributed by atoms with Crippen LogP contribution in [0.1, 0.15) is 36.1 Å². The number of H-pyrrole nitrogens is 1. The summed E-state index contributed by atoms with van der Waals surface area (Å²) in [6, 6.07) is -0.998. The molecule has 8 heteroatoms. The van der Waals surface area contributed by atoms with E-state index in [0.717, 1.165) is 0 Å². The monoisotopic (exact) mass is 295 g/mol. The lowest BCUT2D eigenvalue weighted by Crippen LogP contribution is -2.40. The van der Waals surface area contributed by atoms with Gasteiger partial charge in [0, 0.05) is 13.1 Å². The van der Waals surface area contributed by atoms with Crippen LogP contribution in [0.25, 0.3) is 0 Å². The Bertz CT molecular complexity index is 554. The van der Waals surface area contributed by atoms with Gasteiger partial charge in [0.1, 0.15) is 18.7 Å². The number of methoxy groups -OCH3 is 1. The Morgan fingerprint density at radius 3 is 2.52 bits per heavy atom. The van der Waals surface area contributed by atoms with Crippen molar-refractivity contribution < 1.29 is 23.9 Å². The third-order valence-corrected chi connectivity index (χ3v) is 3.24. The summed E-state index contributed by atoms with van der Waals surface area (Å²) in [5.41, 5.74) is 0.469. The molecule has 1 aromatic rings. The molecule has 1 aromatic heterocycles. The largest absolute Gasteiger partial charge is 0.468 e. The van der Waals surface area contributed by atoms with Crippen LogP contribution < -0.4 is 5.32 Å². The van der Waals surface area contributed by atoms with E-state index in [9.17, 15) is 14.4 Å². The Morgan fingerprint density at radius 2 is 1.95 bits per heavy atom. The number of Topliss-reactive ketones (excluding diaryl/α,β-unsaturated/α-hetero) is 1. The van der Waals surface area contributed by atoms with Gasteiger partial charge in [0.05, 0.1) is 12.8 Å². The predicted octanol–water partition coefficient (Wildman–Crippen LogP) is -0.0509. The first-order chi connectivity index (χ1) is 10.0. The van der Waals surface area contributed by atoms with Crippen molar-refractivity contribution in [2.24, 2.45) is 0 Å². The van der Waals surface area contributed by atoms with Crippen LogP contribution in [0.15, 0.2) is 6.20 Å². The Kier molecular flexibility index (Phi) is 4.69. The van der Waals surface area contributed by atoms with Crippen LogP contribution >= 0.6 is 0 Å². The molecular weight excluding hydrogens is 278 g/mol. The molecule has 8 nitrogen and oxygen atoms in total. The van der Waals surface area contributed by atoms with E-state index >= 15 is 0 Å². The number of ether oxygens (including phenoxy) is 2. The number of ketones is 1. The summed E-state index contributed by atoms with van der Waals surface area (Å²) in [5.74, 6) is -0.797. The van der Waals surface area contributed by atoms with Crippen molar-refractivity contribution in [1.29, 1.82) is 0 Å². The number of carbonyl (C=O) groups is 3. The Hall–Kier alpha value is -2.22. The number of rotatable bonds is 5. The second-order valence-corrected chi connectivity index (χ2v) is 4.78. The van der Waals surface area contributed by atoms with Gasteiger partial charge in [-0.2, -0.15) is 0 Å². The second-order valence-electron chi connectivity index (χ2n) is 4.78. The van der Waals surface area contributed by atoms with E-state index in [0.29, 0.717) is 18.5 Å². The predicted molar refractivity (Wildman–Crippen MR) is 70.3 cm³/mol. The quantitative estimate of drug-likeness (QED) is 0.578. The summed E-state index contributed by atoms with van der Waals surface area (Å²) in [5, 5.41) is 2.87. The highest BCUT2D eigenvalue weighted by Crippen LogP contribution is 2.15. The van der Waals surface area contributed by atoms with Gasteiger partial charge in [-0.1, -0.05) is 0 Å². The number of carbonyl (C=O) groups excluding carboxylic acids is 3. The molecule has 114 valence electrons. The van der Waals surface area contributed by atoms with Gasteiger partial charge in [0.15, 0.2) is 11.6 Å². The number of aromatic nitrogens is 2. The molecule has 0 radical (unpaired) electrons. The smallest absolute Gasteiger partial charge is 0.323 e. The lowest BCUT2D eigenvalue weighted by Gasteiger charge is -2.11. The fraction of sp³-hybridized carbons (Fsp3) is 0.538. The molecule has 1 fully saturated rings. The standard InChI is InChI=1S/C13H17N3O5/c1-7(17)11-14-5-8(15-11)6-21-13(19)10-4-3-9(16-10)12(18)20-2/h5,9-10,16H,3-4,6H2,1-2H3,(H,14,15)/t9-,10-/m0/s1. The lowest BCUT2D eigenvalue weighted by molar-refractivity contribution is -0.147. The zero-order chi connectivity index (χ0) is 15.4. The minimum Gasteiger partial charge on any atom is -0.468 e. The molecule has 0 aromatic carbocycles. The van der Waals surface area contributed by atoms with Gasteiger partial charge in [-0.25, -0.2) is 4.98 Å². The highest BCUT2D eigenvalue weighted by Gasteiger charge is 2.34. The van der Waals surface area contributed by atoms with E-state index in [2.05, 4.69) is 20.0 Å². The highest BCUT2D eigenvalue weighted by atomic mass is 16.5. The third kappa shape index (κ3) is 3.66. The van der Waals surface area contributed by atoms with Crippen molar-refractivity contribution in [2.45, 2.75) is 38.5 Å². The van der Waals surface area contributed by atoms with Crippen molar-refractivity contribution >= 4 is 17.7 Å². The molecule has 0 unspecified atom stereocenters. The summed E-state index contributed by atoms with van der Waals surface area (Å²) >= 11 is 0. The van der Waals surface area contributed by atoms with Crippen LogP contribution in [0.3, 0.4) is 0 Å². The molecule has 0 spiro atoms. The molecule has 2 heterocycles. The molecule has 21 heavy (non-hydrogen) atoms. The zero-order valence-electron chi connectivity index (χ0n) is 11.8. The summed E-state index contributed by atoms with van der Waals surface area (Å²) in [7, 11) is 1.31. The number of aromatic amines is 1. The van der Waals surface area contributed by atoms with E-state index < -0.39 is 18.1 Å². The number of nitrogens with one attached hydrogen (secondary N) is 2. The van der Waals surface area contributed by atoms with Crippen molar-refractivity contribution in [2.75, 3.05) is 7.11 Å². The molecule has 1 aliphatic rings. The number of imidazole rings is 1. The average molecular weight is 295 g/mol. The van der Waals surface area contributed by atoms with Gasteiger partial charge in [0.2, 0.25) is 0 Å². The summed E-state index contributed by atoms with van der Waals surface area (Å²) in [6.45, 7) is 1.37. The molecule has 2 atom stereocenters. The number of hydrogen-bond acceptors (Lipinski definition) is 7. The van der Waals surface area contributed by atoms with E-state index in [-0.39, 0.29) is 24.2 Å². The highest BCUT2D eigenvalue weighted by molar-refractivity contribution is 5.90. The van der Waals surface area contributed by atoms with E-state index in [1.165, 1.54) is 20.2 Å². The molecule has 2 rings (SSSR count). The first-order valence-corrected chi connectivity index (χ1v) is 6.57. The zero-order valence-corrected chi connectivity index (χ0v) is 11.8. The molecule has 1 saturated heterocycles. The molecule has 2 N–H and O–H groups in total. The van der Waals surface area contributed by atoms with E-state index in [1.54, 1.807) is 0 Å². The van der Waals surface area contributed by atoms with E-state index in [1.807, 2.05) is 0 Å². The maximum atomic E-state index is 11.9. The third-order valence-electron chi connectivity index (χ3n) is 3.24. The van der Waals surface area contributed by atoms with Crippen molar-refractivity contribution in [1.82, 2.24) is 15.3 Å². The summed E-state index contributed by atoms with van der Waals surface area (Å²) in [6.07, 6.45) is 2.56. The average Bonchev–Trinajstić information content (AvgIpc) is 3.12. The van der Waals surface area contributed by atoms with Crippen molar-refractivity contribution in [3.8, 4) is 0 Å². The second kappa shape index (κ2) is 6.49. The maximum absolute atomic E-state index is 11.9. The molecule has 0 amide bonds. The first kappa shape index (κ1) is 15.2. The van der Waals surface area contributed by atoms with Gasteiger partial charge < -0.3 is 14.5 Å². The summed E-state index contributed by atoms with van der Waals surface area (Å²) < 4.78 is 9.74. The number of nitrogens with zero attached hydrogens (tertiary/aromatic N) is 1. The van der Waals surface area contributed by atoms with Gasteiger partial charge in [0.25, 0.3) is 0 Å². The summed E-state index contributed by atoms with van der Waals surface area (Å²) in [4.78, 5) is 41.0. The van der Waals surface area contributed by atoms with Crippen LogP contribution in [-0.4, -0.2) is 46.9 Å². The van der Waals surface area contributed by atoms with Gasteiger partial charge in [-0.15, -0.1) is 0 Å². The van der Waals surface area contributed by atoms with Crippen molar-refractivity contribution in [3.05, 3.63) is 17.7 Å². The van der Waals surface area contributed by atoms with Crippen LogP contribution in [0.4, 0.5) is 0 Å². The topological polar surface area (TPSA) is 110 Å². The molecule has 0 aliphatic carbocycles. The normalized spacial score (nSPS) is 21.0. The van der Waals surface area contributed by atoms with Gasteiger partial charge in [-0.05, 0) is 12.8 Å². The van der Waals surface area contributed by atoms with Gasteiger partial charge >= 0.3 is 11.9 Å². The Morgan fingerprint density at radius 1 is 1.29 bits per heavy atom. The van der Waals surface area contributed by atoms with Gasteiger partial charge in [-0.3, -0.25) is 19.7 Å². The molecule has 0 saturated carbocycles. The SMILES string of the molecule is COC(=O)[C@@H]1CC[C@@H](C(=O)OCc2c[nH]c(C(C)=O)n2)N1. The van der Waals surface area contributed by atoms with Crippen LogP contribution in [-0.2, 0) is 25.7 Å². The Balaban J connectivity index is 1.82. The minimum atomic E-state index is -0.527. The lowest BCUT2D eigenvalue weighted by atomic mass is 10.2. The fourth-order valence-corrected chi connectivity index (χ4v) is 2.12. The van der Waals surface area contributed by atoms with Crippen molar-refractivity contribution in [3.63, 3.8) is 0 Å². The first-order valence-electron chi connectivity index (χ1n) is 6.57. The van der Waals surface area contributed by atoms with Crippen LogP contribution in [0, 0.1) is 0 Å². The maximum Gasteiger partial charge on any atom is 0.323 e. The number of esters is 2. The molecular formula is C13H17N3O5. The fourth-order valence-electron chi connectivity index (χ4n) is 2.12. The van der Waals surface area contributed by atoms with Crippen LogP contribution in [0.2, 0.25) is 0 Å². The number of hydrogen-bond donors (Lipinski definition) is 2. The Labute approximate surface area is 121 Å². The minimum absolute atomic E-state index is 0.0241.